The first-order valence-corrected chi connectivity index (χ1v) is 14.2. The van der Waals surface area contributed by atoms with Crippen LogP contribution in [0.15, 0.2) is 36.7 Å². The number of amides is 2. The van der Waals surface area contributed by atoms with E-state index >= 15 is 0 Å². The third-order valence-electron chi connectivity index (χ3n) is 7.34. The van der Waals surface area contributed by atoms with Crippen molar-refractivity contribution >= 4 is 44.3 Å². The van der Waals surface area contributed by atoms with E-state index in [4.69, 9.17) is 4.74 Å². The number of fused-ring (bicyclic) bond motifs is 4. The van der Waals surface area contributed by atoms with Crippen molar-refractivity contribution in [2.75, 3.05) is 42.6 Å². The summed E-state index contributed by atoms with van der Waals surface area (Å²) < 4.78 is 32.2. The monoisotopic (exact) mass is 539 g/mol. The van der Waals surface area contributed by atoms with Crippen molar-refractivity contribution in [2.45, 2.75) is 31.6 Å². The number of hydrogen-bond acceptors (Lipinski definition) is 7. The molecule has 0 atom stereocenters. The zero-order valence-corrected chi connectivity index (χ0v) is 22.2. The highest BCUT2D eigenvalue weighted by Crippen LogP contribution is 2.55. The minimum absolute atomic E-state index is 0.00232. The Bertz CT molecular complexity index is 1550. The standard InChI is InChI=1S/C26H29N5O6S/c1-4-31(25(33)34)10-11-37-23-20(29-38(3,35)36)13-17(14-28-23)16-6-7-19-18(12-16)22-21(15-27-19)30(2)24(32)26(22)8-5-9-26/h6-7,12-15,29H,4-5,8-11H2,1-3H3,(H,33,34). The van der Waals surface area contributed by atoms with Crippen molar-refractivity contribution in [2.24, 2.45) is 0 Å². The predicted octanol–water partition coefficient (Wildman–Crippen LogP) is 3.45. The molecule has 1 spiro atoms. The van der Waals surface area contributed by atoms with Gasteiger partial charge in [-0.3, -0.25) is 14.5 Å². The van der Waals surface area contributed by atoms with Gasteiger partial charge in [0.15, 0.2) is 0 Å². The van der Waals surface area contributed by atoms with E-state index in [9.17, 15) is 23.1 Å². The molecule has 0 radical (unpaired) electrons. The van der Waals surface area contributed by atoms with Gasteiger partial charge >= 0.3 is 6.09 Å². The van der Waals surface area contributed by atoms with Gasteiger partial charge in [0.25, 0.3) is 0 Å². The van der Waals surface area contributed by atoms with Crippen LogP contribution in [0.4, 0.5) is 16.2 Å². The molecule has 2 amide bonds. The van der Waals surface area contributed by atoms with Gasteiger partial charge in [-0.2, -0.15) is 0 Å². The maximum atomic E-state index is 13.1. The molecule has 2 aromatic heterocycles. The Kier molecular flexibility index (Phi) is 6.38. The summed E-state index contributed by atoms with van der Waals surface area (Å²) in [6.07, 6.45) is 5.91. The number of ether oxygens (including phenoxy) is 1. The SMILES string of the molecule is CCN(CCOc1ncc(-c2ccc3ncc4c(c3c2)C2(CCC2)C(=O)N4C)cc1NS(C)(=O)=O)C(=O)O. The number of sulfonamides is 1. The molecule has 0 saturated heterocycles. The fourth-order valence-electron chi connectivity index (χ4n) is 5.29. The molecule has 2 N–H and O–H groups in total. The van der Waals surface area contributed by atoms with Gasteiger partial charge < -0.3 is 19.6 Å². The topological polar surface area (TPSA) is 142 Å². The lowest BCUT2D eigenvalue weighted by molar-refractivity contribution is -0.125. The van der Waals surface area contributed by atoms with Gasteiger partial charge in [-0.1, -0.05) is 12.5 Å². The molecule has 12 heteroatoms. The lowest BCUT2D eigenvalue weighted by Crippen LogP contribution is -2.43. The Hall–Kier alpha value is -3.93. The first-order chi connectivity index (χ1) is 18.0. The number of carbonyl (C=O) groups excluding carboxylic acids is 1. The molecular weight excluding hydrogens is 510 g/mol. The predicted molar refractivity (Wildman–Crippen MR) is 143 cm³/mol. The molecule has 0 bridgehead atoms. The van der Waals surface area contributed by atoms with Crippen molar-refractivity contribution in [3.63, 3.8) is 0 Å². The lowest BCUT2D eigenvalue weighted by atomic mass is 9.64. The second-order valence-corrected chi connectivity index (χ2v) is 11.5. The molecule has 3 aromatic rings. The zero-order chi connectivity index (χ0) is 27.2. The number of carboxylic acid groups (broad SMARTS) is 1. The highest BCUT2D eigenvalue weighted by atomic mass is 32.2. The van der Waals surface area contributed by atoms with Crippen LogP contribution in [0.2, 0.25) is 0 Å². The average molecular weight is 540 g/mol. The number of pyridine rings is 2. The number of likely N-dealkylation sites (N-methyl/N-ethyl adjacent to an activating group) is 2. The molecule has 1 aliphatic carbocycles. The summed E-state index contributed by atoms with van der Waals surface area (Å²) in [4.78, 5) is 36.2. The van der Waals surface area contributed by atoms with Gasteiger partial charge in [0.2, 0.25) is 21.8 Å². The minimum Gasteiger partial charge on any atom is -0.474 e. The summed E-state index contributed by atoms with van der Waals surface area (Å²) in [5.74, 6) is 0.149. The third-order valence-corrected chi connectivity index (χ3v) is 7.93. The van der Waals surface area contributed by atoms with Crippen LogP contribution >= 0.6 is 0 Å². The molecule has 5 rings (SSSR count). The molecule has 1 saturated carbocycles. The summed E-state index contributed by atoms with van der Waals surface area (Å²) in [7, 11) is -1.87. The number of aromatic nitrogens is 2. The van der Waals surface area contributed by atoms with Crippen LogP contribution in [0.3, 0.4) is 0 Å². The zero-order valence-electron chi connectivity index (χ0n) is 21.4. The fraction of sp³-hybridized carbons (Fsp3) is 0.385. The number of nitrogens with zero attached hydrogens (tertiary/aromatic N) is 4. The Morgan fingerprint density at radius 1 is 1.21 bits per heavy atom. The Morgan fingerprint density at radius 2 is 1.97 bits per heavy atom. The Labute approximate surface area is 220 Å². The van der Waals surface area contributed by atoms with Crippen LogP contribution in [0.1, 0.15) is 31.7 Å². The van der Waals surface area contributed by atoms with E-state index in [2.05, 4.69) is 14.7 Å². The summed E-state index contributed by atoms with van der Waals surface area (Å²) in [6, 6.07) is 7.37. The summed E-state index contributed by atoms with van der Waals surface area (Å²) in [6.45, 7) is 2.11. The van der Waals surface area contributed by atoms with E-state index in [1.807, 2.05) is 18.2 Å². The fourth-order valence-corrected chi connectivity index (χ4v) is 5.84. The molecule has 1 fully saturated rings. The number of carbonyl (C=O) groups is 2. The molecule has 1 aromatic carbocycles. The van der Waals surface area contributed by atoms with Gasteiger partial charge in [-0.25, -0.2) is 18.2 Å². The van der Waals surface area contributed by atoms with E-state index in [0.717, 1.165) is 53.2 Å². The van der Waals surface area contributed by atoms with Crippen LogP contribution in [-0.2, 0) is 20.2 Å². The van der Waals surface area contributed by atoms with Crippen molar-refractivity contribution in [3.8, 4) is 17.0 Å². The van der Waals surface area contributed by atoms with E-state index in [0.29, 0.717) is 12.1 Å². The van der Waals surface area contributed by atoms with Crippen molar-refractivity contribution in [1.82, 2.24) is 14.9 Å². The first kappa shape index (κ1) is 25.7. The lowest BCUT2D eigenvalue weighted by Gasteiger charge is -2.37. The largest absolute Gasteiger partial charge is 0.474 e. The van der Waals surface area contributed by atoms with E-state index in [-0.39, 0.29) is 30.6 Å². The molecule has 0 unspecified atom stereocenters. The van der Waals surface area contributed by atoms with E-state index < -0.39 is 21.5 Å². The van der Waals surface area contributed by atoms with Gasteiger partial charge in [0, 0.05) is 36.3 Å². The smallest absolute Gasteiger partial charge is 0.407 e. The third kappa shape index (κ3) is 4.38. The Morgan fingerprint density at radius 3 is 2.61 bits per heavy atom. The number of anilines is 2. The van der Waals surface area contributed by atoms with Gasteiger partial charge in [0.1, 0.15) is 12.3 Å². The second-order valence-electron chi connectivity index (χ2n) is 9.71. The van der Waals surface area contributed by atoms with Crippen molar-refractivity contribution in [3.05, 3.63) is 42.2 Å². The highest BCUT2D eigenvalue weighted by Gasteiger charge is 2.54. The van der Waals surface area contributed by atoms with E-state index in [1.165, 1.54) is 4.90 Å². The average Bonchev–Trinajstić information content (AvgIpc) is 3.08. The van der Waals surface area contributed by atoms with Crippen LogP contribution in [0.25, 0.3) is 22.0 Å². The van der Waals surface area contributed by atoms with E-state index in [1.54, 1.807) is 37.3 Å². The van der Waals surface area contributed by atoms with Crippen LogP contribution in [0, 0.1) is 0 Å². The quantitative estimate of drug-likeness (QED) is 0.443. The van der Waals surface area contributed by atoms with Crippen LogP contribution in [-0.4, -0.2) is 73.4 Å². The number of hydrogen-bond donors (Lipinski definition) is 2. The number of benzene rings is 1. The molecule has 3 heterocycles. The summed E-state index contributed by atoms with van der Waals surface area (Å²) >= 11 is 0. The summed E-state index contributed by atoms with van der Waals surface area (Å²) in [5, 5.41) is 10.1. The summed E-state index contributed by atoms with van der Waals surface area (Å²) in [5.41, 5.74) is 3.67. The molecular formula is C26H29N5O6S. The highest BCUT2D eigenvalue weighted by molar-refractivity contribution is 7.92. The van der Waals surface area contributed by atoms with Crippen molar-refractivity contribution in [1.29, 1.82) is 0 Å². The van der Waals surface area contributed by atoms with Crippen LogP contribution < -0.4 is 14.4 Å². The van der Waals surface area contributed by atoms with Gasteiger partial charge in [0.05, 0.1) is 35.6 Å². The molecule has 2 aliphatic rings. The maximum Gasteiger partial charge on any atom is 0.407 e. The van der Waals surface area contributed by atoms with Gasteiger partial charge in [-0.05, 0) is 43.5 Å². The van der Waals surface area contributed by atoms with Gasteiger partial charge in [-0.15, -0.1) is 0 Å². The van der Waals surface area contributed by atoms with Crippen molar-refractivity contribution < 1.29 is 27.9 Å². The molecule has 200 valence electrons. The minimum atomic E-state index is -3.65. The normalized spacial score (nSPS) is 15.9. The number of rotatable bonds is 8. The molecule has 38 heavy (non-hydrogen) atoms. The first-order valence-electron chi connectivity index (χ1n) is 12.3. The molecule has 11 nitrogen and oxygen atoms in total. The number of nitrogens with one attached hydrogen (secondary N) is 1. The second kappa shape index (κ2) is 9.43. The van der Waals surface area contributed by atoms with Crippen LogP contribution in [0.5, 0.6) is 5.88 Å². The molecule has 1 aliphatic heterocycles. The Balaban J connectivity index is 1.53. The maximum absolute atomic E-state index is 13.1.